The number of ether oxygens (including phenoxy) is 2. The van der Waals surface area contributed by atoms with Crippen molar-refractivity contribution in [3.05, 3.63) is 97.2 Å². The summed E-state index contributed by atoms with van der Waals surface area (Å²) in [6, 6.07) is -1.53. The first-order chi connectivity index (χ1) is 29.1. The molecule has 0 heterocycles. The van der Waals surface area contributed by atoms with Gasteiger partial charge in [-0.05, 0) is 70.6 Å². The molecule has 4 N–H and O–H groups in total. The van der Waals surface area contributed by atoms with Crippen molar-refractivity contribution in [2.75, 3.05) is 19.8 Å². The van der Waals surface area contributed by atoms with Gasteiger partial charge in [0, 0.05) is 12.8 Å². The number of esters is 2. The van der Waals surface area contributed by atoms with Crippen molar-refractivity contribution in [1.29, 1.82) is 0 Å². The van der Waals surface area contributed by atoms with Gasteiger partial charge in [-0.3, -0.25) is 23.4 Å². The topological polar surface area (TPSA) is 172 Å². The second kappa shape index (κ2) is 42.1. The van der Waals surface area contributed by atoms with Gasteiger partial charge in [0.05, 0.1) is 13.2 Å². The molecule has 3 atom stereocenters. The summed E-state index contributed by atoms with van der Waals surface area (Å²) < 4.78 is 32.6. The second-order valence-corrected chi connectivity index (χ2v) is 16.0. The van der Waals surface area contributed by atoms with E-state index in [1.807, 2.05) is 36.5 Å². The van der Waals surface area contributed by atoms with Crippen LogP contribution in [0.3, 0.4) is 0 Å². The third kappa shape index (κ3) is 41.1. The highest BCUT2D eigenvalue weighted by atomic mass is 31.2. The normalized spacial score (nSPS) is 14.6. The van der Waals surface area contributed by atoms with E-state index < -0.39 is 51.1 Å². The van der Waals surface area contributed by atoms with Gasteiger partial charge in [-0.15, -0.1) is 0 Å². The van der Waals surface area contributed by atoms with Gasteiger partial charge in [-0.1, -0.05) is 169 Å². The summed E-state index contributed by atoms with van der Waals surface area (Å²) in [5.74, 6) is -2.45. The van der Waals surface area contributed by atoms with E-state index in [1.165, 1.54) is 38.5 Å². The molecule has 0 aliphatic heterocycles. The van der Waals surface area contributed by atoms with E-state index >= 15 is 0 Å². The molecule has 12 heteroatoms. The van der Waals surface area contributed by atoms with Crippen molar-refractivity contribution >= 4 is 25.7 Å². The van der Waals surface area contributed by atoms with Crippen LogP contribution in [0.25, 0.3) is 0 Å². The highest BCUT2D eigenvalue weighted by Gasteiger charge is 2.28. The van der Waals surface area contributed by atoms with E-state index in [1.54, 1.807) is 0 Å². The molecule has 0 saturated heterocycles. The lowest BCUT2D eigenvalue weighted by molar-refractivity contribution is -0.161. The Balaban J connectivity index is 4.33. The lowest BCUT2D eigenvalue weighted by atomic mass is 10.1. The van der Waals surface area contributed by atoms with Crippen molar-refractivity contribution in [3.8, 4) is 0 Å². The standard InChI is InChI=1S/C48H78NO10P/c1-3-5-7-9-11-13-15-17-18-19-20-21-22-23-24-25-26-28-29-31-33-35-37-39-46(50)56-41-44(42-57-60(54,55)58-43-45(49)48(52)53)59-47(51)40-38-36-34-32-30-27-16-14-12-10-8-6-4-2/h5-8,10-14,16-18,20-21,27,30,44-45H,3-4,9,15,19,22-26,28-29,31-43,49H2,1-2H3,(H,52,53)(H,54,55)/b7-5+,8-6+,12-10+,13-11+,16-14+,18-17+,21-20+,30-27+/t44?,45-/m0/s1. The van der Waals surface area contributed by atoms with Gasteiger partial charge >= 0.3 is 25.7 Å². The number of unbranched alkanes of at least 4 members (excludes halogenated alkanes) is 13. The summed E-state index contributed by atoms with van der Waals surface area (Å²) in [4.78, 5) is 46.0. The Labute approximate surface area is 362 Å². The van der Waals surface area contributed by atoms with Crippen molar-refractivity contribution in [2.45, 2.75) is 167 Å². The minimum atomic E-state index is -4.73. The number of hydrogen-bond donors (Lipinski definition) is 3. The van der Waals surface area contributed by atoms with E-state index in [4.69, 9.17) is 24.8 Å². The zero-order chi connectivity index (χ0) is 44.2. The number of rotatable bonds is 40. The molecule has 0 spiro atoms. The van der Waals surface area contributed by atoms with Crippen molar-refractivity contribution < 1.29 is 47.5 Å². The molecule has 0 saturated carbocycles. The number of hydrogen-bond acceptors (Lipinski definition) is 9. The lowest BCUT2D eigenvalue weighted by Crippen LogP contribution is -2.34. The highest BCUT2D eigenvalue weighted by Crippen LogP contribution is 2.43. The largest absolute Gasteiger partial charge is 0.480 e. The molecule has 2 unspecified atom stereocenters. The van der Waals surface area contributed by atoms with Gasteiger partial charge in [0.25, 0.3) is 0 Å². The number of carboxylic acids is 1. The van der Waals surface area contributed by atoms with Crippen molar-refractivity contribution in [2.24, 2.45) is 5.73 Å². The van der Waals surface area contributed by atoms with Crippen LogP contribution in [0.1, 0.15) is 155 Å². The summed E-state index contributed by atoms with van der Waals surface area (Å²) in [5.41, 5.74) is 5.33. The second-order valence-electron chi connectivity index (χ2n) is 14.5. The quantitative estimate of drug-likeness (QED) is 0.0176. The van der Waals surface area contributed by atoms with Crippen LogP contribution in [0.4, 0.5) is 0 Å². The summed E-state index contributed by atoms with van der Waals surface area (Å²) in [7, 11) is -4.73. The highest BCUT2D eigenvalue weighted by molar-refractivity contribution is 7.47. The van der Waals surface area contributed by atoms with Crippen LogP contribution < -0.4 is 5.73 Å². The van der Waals surface area contributed by atoms with Crippen LogP contribution in [0.2, 0.25) is 0 Å². The molecule has 0 amide bonds. The fraction of sp³-hybridized carbons (Fsp3) is 0.604. The van der Waals surface area contributed by atoms with E-state index in [-0.39, 0.29) is 19.4 Å². The number of nitrogens with two attached hydrogens (primary N) is 1. The van der Waals surface area contributed by atoms with Gasteiger partial charge in [0.15, 0.2) is 6.10 Å². The Morgan fingerprint density at radius 3 is 1.53 bits per heavy atom. The first kappa shape index (κ1) is 56.4. The Hall–Kier alpha value is -3.60. The van der Waals surface area contributed by atoms with E-state index in [0.29, 0.717) is 12.8 Å². The number of carbonyl (C=O) groups is 3. The van der Waals surface area contributed by atoms with E-state index in [0.717, 1.165) is 77.0 Å². The van der Waals surface area contributed by atoms with Crippen LogP contribution in [-0.2, 0) is 37.5 Å². The molecule has 340 valence electrons. The van der Waals surface area contributed by atoms with Crippen LogP contribution in [-0.4, -0.2) is 59.9 Å². The summed E-state index contributed by atoms with van der Waals surface area (Å²) >= 11 is 0. The molecule has 0 aromatic carbocycles. The SMILES string of the molecule is CC/C=C/C=C/C=C/C=C/CCCCCC(=O)OC(COC(=O)CCCCCCCCCCCC/C=C/C/C=C/C/C=C/C/C=C/CC)COP(=O)(O)OC[C@H](N)C(=O)O. The minimum absolute atomic E-state index is 0.109. The average molecular weight is 860 g/mol. The first-order valence-corrected chi connectivity index (χ1v) is 23.8. The average Bonchev–Trinajstić information content (AvgIpc) is 3.22. The maximum Gasteiger partial charge on any atom is 0.472 e. The Morgan fingerprint density at radius 2 is 0.967 bits per heavy atom. The monoisotopic (exact) mass is 860 g/mol. The van der Waals surface area contributed by atoms with Crippen LogP contribution >= 0.6 is 7.82 Å². The molecule has 0 aromatic heterocycles. The fourth-order valence-corrected chi connectivity index (χ4v) is 6.26. The summed E-state index contributed by atoms with van der Waals surface area (Å²) in [5, 5.41) is 8.89. The fourth-order valence-electron chi connectivity index (χ4n) is 5.48. The Morgan fingerprint density at radius 1 is 0.533 bits per heavy atom. The molecule has 0 aliphatic rings. The number of phosphoric ester groups is 1. The summed E-state index contributed by atoms with van der Waals surface area (Å²) in [6.45, 7) is 2.48. The molecule has 0 aliphatic carbocycles. The molecule has 0 aromatic rings. The lowest BCUT2D eigenvalue weighted by Gasteiger charge is -2.20. The molecule has 60 heavy (non-hydrogen) atoms. The van der Waals surface area contributed by atoms with Gasteiger partial charge in [-0.2, -0.15) is 0 Å². The van der Waals surface area contributed by atoms with Crippen LogP contribution in [0, 0.1) is 0 Å². The minimum Gasteiger partial charge on any atom is -0.480 e. The molecular formula is C48H78NO10P. The van der Waals surface area contributed by atoms with Crippen molar-refractivity contribution in [1.82, 2.24) is 0 Å². The zero-order valence-electron chi connectivity index (χ0n) is 36.8. The predicted molar refractivity (Wildman–Crippen MR) is 244 cm³/mol. The number of allylic oxidation sites excluding steroid dienone is 16. The van der Waals surface area contributed by atoms with Gasteiger partial charge in [0.1, 0.15) is 12.6 Å². The molecule has 0 rings (SSSR count). The molecule has 11 nitrogen and oxygen atoms in total. The smallest absolute Gasteiger partial charge is 0.472 e. The van der Waals surface area contributed by atoms with Crippen LogP contribution in [0.15, 0.2) is 97.2 Å². The van der Waals surface area contributed by atoms with Gasteiger partial charge in [-0.25, -0.2) is 4.57 Å². The number of carboxylic acid groups (broad SMARTS) is 1. The Bertz CT molecular complexity index is 1380. The maximum atomic E-state index is 12.6. The number of carbonyl (C=O) groups excluding carboxylic acids is 2. The predicted octanol–water partition coefficient (Wildman–Crippen LogP) is 12.1. The first-order valence-electron chi connectivity index (χ1n) is 22.3. The van der Waals surface area contributed by atoms with E-state index in [2.05, 4.69) is 79.1 Å². The van der Waals surface area contributed by atoms with Crippen molar-refractivity contribution in [3.63, 3.8) is 0 Å². The van der Waals surface area contributed by atoms with Crippen LogP contribution in [0.5, 0.6) is 0 Å². The molecule has 0 radical (unpaired) electrons. The number of aliphatic carboxylic acids is 1. The molecule has 0 bridgehead atoms. The Kier molecular flexibility index (Phi) is 39.6. The molecular weight excluding hydrogens is 781 g/mol. The van der Waals surface area contributed by atoms with E-state index in [9.17, 15) is 23.8 Å². The third-order valence-electron chi connectivity index (χ3n) is 8.92. The maximum absolute atomic E-state index is 12.6. The molecule has 0 fully saturated rings. The summed E-state index contributed by atoms with van der Waals surface area (Å²) in [6.07, 6.45) is 53.4. The van der Waals surface area contributed by atoms with Gasteiger partial charge < -0.3 is 25.2 Å². The zero-order valence-corrected chi connectivity index (χ0v) is 37.6. The third-order valence-corrected chi connectivity index (χ3v) is 9.87. The number of phosphoric acid groups is 1. The van der Waals surface area contributed by atoms with Gasteiger partial charge in [0.2, 0.25) is 0 Å².